The number of carbonyl (C=O) groups is 4. The molecule has 0 radical (unpaired) electrons. The normalized spacial score (nSPS) is 9.63. The highest BCUT2D eigenvalue weighted by Crippen LogP contribution is 2.07. The SMILES string of the molecule is O=C(C[n+]1cccc(C(=O)NNc2ccccc2)c1)Nc1ccccc1.O=C(C[n+]1cccc(C(=O)NNc2ccccc2)c1)Nc1ccccc1.[Cl-].[Cl-]. The Labute approximate surface area is 325 Å². The molecule has 276 valence electrons. The van der Waals surface area contributed by atoms with E-state index in [0.717, 1.165) is 22.7 Å². The van der Waals surface area contributed by atoms with Crippen LogP contribution < -0.4 is 66.3 Å². The zero-order chi connectivity index (χ0) is 36.4. The minimum absolute atomic E-state index is 0. The van der Waals surface area contributed by atoms with Gasteiger partial charge in [-0.15, -0.1) is 0 Å². The Morgan fingerprint density at radius 1 is 0.407 bits per heavy atom. The molecule has 0 unspecified atom stereocenters. The van der Waals surface area contributed by atoms with Crippen molar-refractivity contribution in [2.45, 2.75) is 13.1 Å². The van der Waals surface area contributed by atoms with Gasteiger partial charge in [-0.05, 0) is 60.7 Å². The van der Waals surface area contributed by atoms with Crippen LogP contribution in [0.5, 0.6) is 0 Å². The van der Waals surface area contributed by atoms with Crippen LogP contribution in [-0.2, 0) is 22.7 Å². The minimum atomic E-state index is -0.285. The molecule has 2 aromatic heterocycles. The highest BCUT2D eigenvalue weighted by atomic mass is 35.5. The second kappa shape index (κ2) is 22.2. The Balaban J connectivity index is 0.000000280. The Hall–Kier alpha value is -6.76. The topological polar surface area (TPSA) is 148 Å². The molecule has 12 nitrogen and oxygen atoms in total. The van der Waals surface area contributed by atoms with Crippen molar-refractivity contribution in [3.05, 3.63) is 182 Å². The predicted octanol–water partition coefficient (Wildman–Crippen LogP) is -1.25. The van der Waals surface area contributed by atoms with E-state index in [9.17, 15) is 19.2 Å². The third kappa shape index (κ3) is 14.1. The molecule has 0 bridgehead atoms. The zero-order valence-electron chi connectivity index (χ0n) is 28.9. The Bertz CT molecular complexity index is 1930. The summed E-state index contributed by atoms with van der Waals surface area (Å²) in [6, 6.07) is 44.0. The van der Waals surface area contributed by atoms with Gasteiger partial charge in [0.2, 0.25) is 13.1 Å². The Morgan fingerprint density at radius 3 is 1.06 bits per heavy atom. The second-order valence-electron chi connectivity index (χ2n) is 11.2. The molecule has 0 aliphatic rings. The fraction of sp³-hybridized carbons (Fsp3) is 0.0500. The summed E-state index contributed by atoms with van der Waals surface area (Å²) in [7, 11) is 0. The summed E-state index contributed by atoms with van der Waals surface area (Å²) in [5.41, 5.74) is 14.9. The lowest BCUT2D eigenvalue weighted by atomic mass is 10.2. The first-order valence-corrected chi connectivity index (χ1v) is 16.3. The number of nitrogens with zero attached hydrogens (tertiary/aromatic N) is 2. The average molecular weight is 766 g/mol. The summed E-state index contributed by atoms with van der Waals surface area (Å²) < 4.78 is 3.32. The number of aromatic nitrogens is 2. The number of hydrogen-bond acceptors (Lipinski definition) is 6. The van der Waals surface area contributed by atoms with Gasteiger partial charge in [-0.2, -0.15) is 9.13 Å². The van der Waals surface area contributed by atoms with E-state index in [1.807, 2.05) is 121 Å². The van der Waals surface area contributed by atoms with Gasteiger partial charge in [0.15, 0.2) is 24.8 Å². The number of benzene rings is 4. The van der Waals surface area contributed by atoms with E-state index in [0.29, 0.717) is 11.1 Å². The van der Waals surface area contributed by atoms with Crippen LogP contribution in [0.3, 0.4) is 0 Å². The van der Waals surface area contributed by atoms with E-state index in [2.05, 4.69) is 32.3 Å². The van der Waals surface area contributed by atoms with Crippen LogP contribution in [-0.4, -0.2) is 23.6 Å². The quantitative estimate of drug-likeness (QED) is 0.0679. The first-order chi connectivity index (χ1) is 25.4. The number of halogens is 2. The van der Waals surface area contributed by atoms with Crippen molar-refractivity contribution < 1.29 is 53.1 Å². The lowest BCUT2D eigenvalue weighted by Crippen LogP contribution is -3.00. The van der Waals surface area contributed by atoms with Gasteiger partial charge >= 0.3 is 0 Å². The molecule has 6 rings (SSSR count). The predicted molar refractivity (Wildman–Crippen MR) is 198 cm³/mol. The summed E-state index contributed by atoms with van der Waals surface area (Å²) >= 11 is 0. The van der Waals surface area contributed by atoms with Crippen LogP contribution in [0.15, 0.2) is 170 Å². The summed E-state index contributed by atoms with van der Waals surface area (Å²) in [5, 5.41) is 5.63. The Morgan fingerprint density at radius 2 is 0.722 bits per heavy atom. The van der Waals surface area contributed by atoms with Crippen LogP contribution in [0.4, 0.5) is 22.7 Å². The molecule has 2 heterocycles. The number of pyridine rings is 2. The number of carbonyl (C=O) groups excluding carboxylic acids is 4. The number of para-hydroxylation sites is 4. The lowest BCUT2D eigenvalue weighted by Gasteiger charge is -2.07. The largest absolute Gasteiger partial charge is 1.00 e. The van der Waals surface area contributed by atoms with Gasteiger partial charge in [0.25, 0.3) is 23.6 Å². The molecule has 54 heavy (non-hydrogen) atoms. The van der Waals surface area contributed by atoms with E-state index in [1.165, 1.54) is 0 Å². The number of amides is 4. The van der Waals surface area contributed by atoms with Crippen LogP contribution in [0, 0.1) is 0 Å². The van der Waals surface area contributed by atoms with Crippen LogP contribution >= 0.6 is 0 Å². The minimum Gasteiger partial charge on any atom is -1.00 e. The third-order valence-electron chi connectivity index (χ3n) is 7.20. The number of nitrogens with one attached hydrogen (secondary N) is 6. The molecule has 0 aliphatic carbocycles. The maximum atomic E-state index is 12.3. The first-order valence-electron chi connectivity index (χ1n) is 16.3. The van der Waals surface area contributed by atoms with Crippen molar-refractivity contribution in [3.8, 4) is 0 Å². The van der Waals surface area contributed by atoms with Crippen molar-refractivity contribution >= 4 is 46.4 Å². The van der Waals surface area contributed by atoms with E-state index in [1.54, 1.807) is 58.2 Å². The van der Waals surface area contributed by atoms with E-state index >= 15 is 0 Å². The Kier molecular flexibility index (Phi) is 17.2. The molecule has 0 atom stereocenters. The van der Waals surface area contributed by atoms with Crippen LogP contribution in [0.1, 0.15) is 20.7 Å². The van der Waals surface area contributed by atoms with E-state index < -0.39 is 0 Å². The highest BCUT2D eigenvalue weighted by Gasteiger charge is 2.15. The molecular formula is C40H38Cl2N8O4. The highest BCUT2D eigenvalue weighted by molar-refractivity contribution is 5.95. The molecule has 0 aliphatic heterocycles. The smallest absolute Gasteiger partial charge is 0.290 e. The van der Waals surface area contributed by atoms with Crippen LogP contribution in [0.2, 0.25) is 0 Å². The van der Waals surface area contributed by atoms with Crippen molar-refractivity contribution in [2.24, 2.45) is 0 Å². The lowest BCUT2D eigenvalue weighted by molar-refractivity contribution is -0.684. The van der Waals surface area contributed by atoms with Gasteiger partial charge in [-0.3, -0.25) is 40.9 Å². The summed E-state index contributed by atoms with van der Waals surface area (Å²) in [5.74, 6) is -0.902. The monoisotopic (exact) mass is 764 g/mol. The van der Waals surface area contributed by atoms with Gasteiger partial charge in [0.05, 0.1) is 11.4 Å². The fourth-order valence-electron chi connectivity index (χ4n) is 4.73. The molecule has 0 saturated carbocycles. The molecule has 0 fully saturated rings. The molecule has 6 N–H and O–H groups in total. The molecule has 0 spiro atoms. The van der Waals surface area contributed by atoms with Crippen molar-refractivity contribution in [2.75, 3.05) is 21.5 Å². The summed E-state index contributed by atoms with van der Waals surface area (Å²) in [6.45, 7) is 0.226. The molecule has 0 saturated heterocycles. The zero-order valence-corrected chi connectivity index (χ0v) is 30.4. The number of anilines is 4. The second-order valence-corrected chi connectivity index (χ2v) is 11.2. The summed E-state index contributed by atoms with van der Waals surface area (Å²) in [6.07, 6.45) is 6.75. The third-order valence-corrected chi connectivity index (χ3v) is 7.20. The van der Waals surface area contributed by atoms with Gasteiger partial charge in [0.1, 0.15) is 11.1 Å². The van der Waals surface area contributed by atoms with Crippen molar-refractivity contribution in [1.82, 2.24) is 10.9 Å². The first kappa shape index (κ1) is 41.7. The van der Waals surface area contributed by atoms with Crippen molar-refractivity contribution in [1.29, 1.82) is 0 Å². The molecule has 4 amide bonds. The molecule has 4 aromatic carbocycles. The fourth-order valence-corrected chi connectivity index (χ4v) is 4.73. The van der Waals surface area contributed by atoms with E-state index in [4.69, 9.17) is 0 Å². The number of hydrogen-bond donors (Lipinski definition) is 6. The summed E-state index contributed by atoms with van der Waals surface area (Å²) in [4.78, 5) is 48.8. The number of hydrazine groups is 2. The van der Waals surface area contributed by atoms with Gasteiger partial charge in [-0.1, -0.05) is 72.8 Å². The van der Waals surface area contributed by atoms with Gasteiger partial charge in [0, 0.05) is 23.5 Å². The molecular weight excluding hydrogens is 727 g/mol. The van der Waals surface area contributed by atoms with Gasteiger partial charge < -0.3 is 35.4 Å². The number of rotatable bonds is 12. The van der Waals surface area contributed by atoms with Gasteiger partial charge in [-0.25, -0.2) is 0 Å². The van der Waals surface area contributed by atoms with E-state index in [-0.39, 0.29) is 61.5 Å². The standard InChI is InChI=1S/2C20H18N4O2.2ClH/c2*25-19(21-17-9-3-1-4-10-17)15-24-13-7-8-16(14-24)20(26)23-22-18-11-5-2-6-12-18;;/h2*1-14,22H,15H2,(H-,21,23,25,26);2*1H. The molecule has 14 heteroatoms. The maximum absolute atomic E-state index is 12.3. The van der Waals surface area contributed by atoms with Crippen molar-refractivity contribution in [3.63, 3.8) is 0 Å². The average Bonchev–Trinajstić information content (AvgIpc) is 3.18. The van der Waals surface area contributed by atoms with Crippen LogP contribution in [0.25, 0.3) is 0 Å². The maximum Gasteiger partial charge on any atom is 0.290 e. The molecule has 6 aromatic rings.